The number of fused-ring (bicyclic) bond motifs is 1. The van der Waals surface area contributed by atoms with Gasteiger partial charge in [0.2, 0.25) is 5.91 Å². The molecule has 3 rings (SSSR count). The molecule has 22 heavy (non-hydrogen) atoms. The van der Waals surface area contributed by atoms with Gasteiger partial charge in [-0.05, 0) is 44.9 Å². The zero-order chi connectivity index (χ0) is 15.9. The minimum absolute atomic E-state index is 0.308. The van der Waals surface area contributed by atoms with Crippen LogP contribution in [-0.2, 0) is 18.3 Å². The van der Waals surface area contributed by atoms with Crippen LogP contribution in [0.25, 0.3) is 0 Å². The Labute approximate surface area is 133 Å². The van der Waals surface area contributed by atoms with Gasteiger partial charge in [-0.2, -0.15) is 5.10 Å². The lowest BCUT2D eigenvalue weighted by molar-refractivity contribution is -0.138. The smallest absolute Gasteiger partial charge is 0.227 e. The van der Waals surface area contributed by atoms with Crippen LogP contribution >= 0.6 is 0 Å². The fourth-order valence-electron chi connectivity index (χ4n) is 4.55. The third-order valence-corrected chi connectivity index (χ3v) is 6.05. The van der Waals surface area contributed by atoms with Crippen molar-refractivity contribution in [2.45, 2.75) is 65.3 Å². The Morgan fingerprint density at radius 3 is 2.64 bits per heavy atom. The van der Waals surface area contributed by atoms with E-state index in [9.17, 15) is 4.79 Å². The lowest BCUT2D eigenvalue weighted by Crippen LogP contribution is -2.52. The van der Waals surface area contributed by atoms with Crippen LogP contribution in [0.15, 0.2) is 0 Å². The SMILES string of the molecule is Cc1nn(C)c(C)c1CC(=O)N1CC[C@H](C)[C@@H]2CCCC[C@@H]21. The van der Waals surface area contributed by atoms with Gasteiger partial charge in [0, 0.05) is 30.9 Å². The number of aryl methyl sites for hydroxylation is 2. The summed E-state index contributed by atoms with van der Waals surface area (Å²) in [5.41, 5.74) is 3.24. The summed E-state index contributed by atoms with van der Waals surface area (Å²) in [6.07, 6.45) is 6.81. The zero-order valence-electron chi connectivity index (χ0n) is 14.4. The number of aromatic nitrogens is 2. The molecule has 0 spiro atoms. The maximum Gasteiger partial charge on any atom is 0.227 e. The summed E-state index contributed by atoms with van der Waals surface area (Å²) in [7, 11) is 1.95. The molecule has 1 saturated carbocycles. The van der Waals surface area contributed by atoms with Gasteiger partial charge in [-0.15, -0.1) is 0 Å². The standard InChI is InChI=1S/C18H29N3O/c1-12-9-10-21(17-8-6-5-7-15(12)17)18(22)11-16-13(2)19-20(4)14(16)3/h12,15,17H,5-11H2,1-4H3/t12-,15-,17-/m0/s1. The highest BCUT2D eigenvalue weighted by Crippen LogP contribution is 2.39. The molecule has 2 heterocycles. The van der Waals surface area contributed by atoms with Crippen molar-refractivity contribution in [3.63, 3.8) is 0 Å². The van der Waals surface area contributed by atoms with Crippen LogP contribution in [0.1, 0.15) is 56.0 Å². The summed E-state index contributed by atoms with van der Waals surface area (Å²) in [5.74, 6) is 1.81. The molecule has 2 aliphatic rings. The molecule has 1 aromatic rings. The highest BCUT2D eigenvalue weighted by molar-refractivity contribution is 5.79. The first-order chi connectivity index (χ1) is 10.5. The fraction of sp³-hybridized carbons (Fsp3) is 0.778. The van der Waals surface area contributed by atoms with Gasteiger partial charge in [-0.25, -0.2) is 0 Å². The molecule has 4 nitrogen and oxygen atoms in total. The summed E-state index contributed by atoms with van der Waals surface area (Å²) in [6.45, 7) is 7.39. The van der Waals surface area contributed by atoms with Crippen LogP contribution in [0, 0.1) is 25.7 Å². The Hall–Kier alpha value is -1.32. The van der Waals surface area contributed by atoms with E-state index in [1.807, 2.05) is 18.7 Å². The van der Waals surface area contributed by atoms with E-state index < -0.39 is 0 Å². The van der Waals surface area contributed by atoms with Crippen molar-refractivity contribution in [1.82, 2.24) is 14.7 Å². The van der Waals surface area contributed by atoms with Crippen molar-refractivity contribution in [1.29, 1.82) is 0 Å². The van der Waals surface area contributed by atoms with Crippen molar-refractivity contribution in [3.05, 3.63) is 17.0 Å². The van der Waals surface area contributed by atoms with E-state index in [2.05, 4.69) is 23.8 Å². The Bertz CT molecular complexity index is 563. The molecule has 0 N–H and O–H groups in total. The van der Waals surface area contributed by atoms with Crippen molar-refractivity contribution < 1.29 is 4.79 Å². The average molecular weight is 303 g/mol. The number of piperidine rings is 1. The summed E-state index contributed by atoms with van der Waals surface area (Å²) in [6, 6.07) is 0.488. The molecule has 1 aromatic heterocycles. The normalized spacial score (nSPS) is 28.5. The molecule has 0 aromatic carbocycles. The third kappa shape index (κ3) is 2.68. The molecule has 3 atom stereocenters. The molecule has 0 radical (unpaired) electrons. The van der Waals surface area contributed by atoms with Gasteiger partial charge in [0.1, 0.15) is 0 Å². The van der Waals surface area contributed by atoms with Gasteiger partial charge < -0.3 is 4.90 Å². The van der Waals surface area contributed by atoms with E-state index >= 15 is 0 Å². The molecule has 1 aliphatic heterocycles. The van der Waals surface area contributed by atoms with Gasteiger partial charge >= 0.3 is 0 Å². The molecular formula is C18H29N3O. The number of hydrogen-bond donors (Lipinski definition) is 0. The van der Waals surface area contributed by atoms with Crippen molar-refractivity contribution in [3.8, 4) is 0 Å². The first-order valence-corrected chi connectivity index (χ1v) is 8.77. The second kappa shape index (κ2) is 6.05. The number of carbonyl (C=O) groups is 1. The van der Waals surface area contributed by atoms with Crippen LogP contribution in [0.2, 0.25) is 0 Å². The zero-order valence-corrected chi connectivity index (χ0v) is 14.4. The van der Waals surface area contributed by atoms with E-state index in [0.717, 1.165) is 41.8 Å². The van der Waals surface area contributed by atoms with Crippen LogP contribution in [-0.4, -0.2) is 33.2 Å². The minimum atomic E-state index is 0.308. The van der Waals surface area contributed by atoms with Gasteiger partial charge in [0.25, 0.3) is 0 Å². The van der Waals surface area contributed by atoms with E-state index in [1.165, 1.54) is 25.7 Å². The van der Waals surface area contributed by atoms with Crippen molar-refractivity contribution in [2.24, 2.45) is 18.9 Å². The Balaban J connectivity index is 1.76. The first-order valence-electron chi connectivity index (χ1n) is 8.77. The van der Waals surface area contributed by atoms with Crippen LogP contribution in [0.5, 0.6) is 0 Å². The topological polar surface area (TPSA) is 38.1 Å². The molecular weight excluding hydrogens is 274 g/mol. The van der Waals surface area contributed by atoms with Gasteiger partial charge in [-0.3, -0.25) is 9.48 Å². The second-order valence-electron chi connectivity index (χ2n) is 7.32. The molecule has 4 heteroatoms. The first kappa shape index (κ1) is 15.6. The van der Waals surface area contributed by atoms with Crippen LogP contribution in [0.4, 0.5) is 0 Å². The second-order valence-corrected chi connectivity index (χ2v) is 7.32. The largest absolute Gasteiger partial charge is 0.339 e. The third-order valence-electron chi connectivity index (χ3n) is 6.05. The highest BCUT2D eigenvalue weighted by Gasteiger charge is 2.39. The highest BCUT2D eigenvalue weighted by atomic mass is 16.2. The van der Waals surface area contributed by atoms with E-state index in [4.69, 9.17) is 0 Å². The molecule has 1 aliphatic carbocycles. The summed E-state index contributed by atoms with van der Waals surface area (Å²) >= 11 is 0. The number of carbonyl (C=O) groups excluding carboxylic acids is 1. The predicted molar refractivity (Wildman–Crippen MR) is 87.6 cm³/mol. The summed E-state index contributed by atoms with van der Waals surface area (Å²) < 4.78 is 1.89. The van der Waals surface area contributed by atoms with E-state index in [-0.39, 0.29) is 0 Å². The number of likely N-dealkylation sites (tertiary alicyclic amines) is 1. The number of amides is 1. The van der Waals surface area contributed by atoms with Crippen LogP contribution in [0.3, 0.4) is 0 Å². The van der Waals surface area contributed by atoms with Gasteiger partial charge in [-0.1, -0.05) is 19.8 Å². The predicted octanol–water partition coefficient (Wildman–Crippen LogP) is 3.01. The lowest BCUT2D eigenvalue weighted by atomic mass is 9.72. The molecule has 2 fully saturated rings. The molecule has 0 bridgehead atoms. The monoisotopic (exact) mass is 303 g/mol. The number of rotatable bonds is 2. The lowest BCUT2D eigenvalue weighted by Gasteiger charge is -2.47. The maximum absolute atomic E-state index is 12.9. The molecule has 0 unspecified atom stereocenters. The van der Waals surface area contributed by atoms with Crippen molar-refractivity contribution in [2.75, 3.05) is 6.54 Å². The average Bonchev–Trinajstić information content (AvgIpc) is 2.74. The number of nitrogens with zero attached hydrogens (tertiary/aromatic N) is 3. The molecule has 1 amide bonds. The number of hydrogen-bond acceptors (Lipinski definition) is 2. The van der Waals surface area contributed by atoms with Gasteiger partial charge in [0.15, 0.2) is 0 Å². The Morgan fingerprint density at radius 1 is 1.23 bits per heavy atom. The Kier molecular flexibility index (Phi) is 4.28. The molecule has 122 valence electrons. The van der Waals surface area contributed by atoms with E-state index in [1.54, 1.807) is 0 Å². The van der Waals surface area contributed by atoms with Crippen LogP contribution < -0.4 is 0 Å². The quantitative estimate of drug-likeness (QED) is 0.842. The minimum Gasteiger partial charge on any atom is -0.339 e. The van der Waals surface area contributed by atoms with Gasteiger partial charge in [0.05, 0.1) is 12.1 Å². The summed E-state index contributed by atoms with van der Waals surface area (Å²) in [4.78, 5) is 15.1. The van der Waals surface area contributed by atoms with E-state index in [0.29, 0.717) is 18.4 Å². The summed E-state index contributed by atoms with van der Waals surface area (Å²) in [5, 5.41) is 4.45. The fourth-order valence-corrected chi connectivity index (χ4v) is 4.55. The molecule has 1 saturated heterocycles. The Morgan fingerprint density at radius 2 is 1.95 bits per heavy atom. The van der Waals surface area contributed by atoms with Crippen molar-refractivity contribution >= 4 is 5.91 Å². The maximum atomic E-state index is 12.9.